The molecule has 0 aliphatic heterocycles. The standard InChI is InChI=1S/C14H15N3O3S/c15-13(18)12(6-11-8-21-9-16-11)17-14(19)20-7-10-4-2-1-3-5-10/h1-5,8-9,12H,6-7H2,(H2,15,18)(H,17,19)/t12-/m0/s1. The number of rotatable bonds is 6. The summed E-state index contributed by atoms with van der Waals surface area (Å²) in [6.07, 6.45) is -0.433. The van der Waals surface area contributed by atoms with Crippen molar-refractivity contribution in [2.45, 2.75) is 19.1 Å². The summed E-state index contributed by atoms with van der Waals surface area (Å²) < 4.78 is 5.05. The number of hydrogen-bond donors (Lipinski definition) is 2. The molecule has 1 aromatic carbocycles. The Bertz CT molecular complexity index is 587. The summed E-state index contributed by atoms with van der Waals surface area (Å²) in [5.74, 6) is -0.625. The fraction of sp³-hybridized carbons (Fsp3) is 0.214. The number of nitrogens with one attached hydrogen (secondary N) is 1. The largest absolute Gasteiger partial charge is 0.445 e. The Morgan fingerprint density at radius 2 is 2.10 bits per heavy atom. The van der Waals surface area contributed by atoms with Crippen LogP contribution in [0.3, 0.4) is 0 Å². The van der Waals surface area contributed by atoms with Gasteiger partial charge in [-0.2, -0.15) is 0 Å². The monoisotopic (exact) mass is 305 g/mol. The van der Waals surface area contributed by atoms with E-state index >= 15 is 0 Å². The summed E-state index contributed by atoms with van der Waals surface area (Å²) in [6, 6.07) is 8.43. The van der Waals surface area contributed by atoms with Gasteiger partial charge in [0, 0.05) is 11.8 Å². The molecule has 2 amide bonds. The molecule has 0 aliphatic rings. The number of carbonyl (C=O) groups is 2. The maximum absolute atomic E-state index is 11.7. The number of aromatic nitrogens is 1. The zero-order valence-corrected chi connectivity index (χ0v) is 12.0. The Balaban J connectivity index is 1.85. The molecule has 110 valence electrons. The van der Waals surface area contributed by atoms with Gasteiger partial charge in [0.15, 0.2) is 0 Å². The lowest BCUT2D eigenvalue weighted by Crippen LogP contribution is -2.46. The SMILES string of the molecule is NC(=O)[C@H](Cc1cscn1)NC(=O)OCc1ccccc1. The van der Waals surface area contributed by atoms with Crippen LogP contribution in [-0.2, 0) is 22.6 Å². The highest BCUT2D eigenvalue weighted by molar-refractivity contribution is 7.07. The zero-order chi connectivity index (χ0) is 15.1. The first kappa shape index (κ1) is 15.0. The van der Waals surface area contributed by atoms with E-state index in [2.05, 4.69) is 10.3 Å². The predicted octanol–water partition coefficient (Wildman–Crippen LogP) is 1.47. The molecule has 1 aromatic heterocycles. The van der Waals surface area contributed by atoms with Crippen LogP contribution in [0.25, 0.3) is 0 Å². The van der Waals surface area contributed by atoms with Gasteiger partial charge < -0.3 is 15.8 Å². The Morgan fingerprint density at radius 3 is 2.71 bits per heavy atom. The number of nitrogens with two attached hydrogens (primary N) is 1. The lowest BCUT2D eigenvalue weighted by Gasteiger charge is -2.14. The van der Waals surface area contributed by atoms with E-state index in [4.69, 9.17) is 10.5 Å². The Kier molecular flexibility index (Phi) is 5.28. The van der Waals surface area contributed by atoms with Gasteiger partial charge in [0.25, 0.3) is 0 Å². The van der Waals surface area contributed by atoms with E-state index < -0.39 is 18.0 Å². The molecule has 3 N–H and O–H groups in total. The number of carbonyl (C=O) groups excluding carboxylic acids is 2. The van der Waals surface area contributed by atoms with E-state index in [1.54, 1.807) is 10.9 Å². The molecular formula is C14H15N3O3S. The second kappa shape index (κ2) is 7.39. The van der Waals surface area contributed by atoms with Crippen molar-refractivity contribution < 1.29 is 14.3 Å². The van der Waals surface area contributed by atoms with Crippen LogP contribution in [0.4, 0.5) is 4.79 Å². The third kappa shape index (κ3) is 4.88. The summed E-state index contributed by atoms with van der Waals surface area (Å²) in [5.41, 5.74) is 8.49. The van der Waals surface area contributed by atoms with E-state index in [-0.39, 0.29) is 13.0 Å². The van der Waals surface area contributed by atoms with Gasteiger partial charge in [0.05, 0.1) is 11.2 Å². The molecule has 0 saturated heterocycles. The molecule has 6 nitrogen and oxygen atoms in total. The van der Waals surface area contributed by atoms with Gasteiger partial charge in [-0.3, -0.25) is 4.79 Å². The van der Waals surface area contributed by atoms with Crippen LogP contribution >= 0.6 is 11.3 Å². The predicted molar refractivity (Wildman–Crippen MR) is 78.6 cm³/mol. The Hall–Kier alpha value is -2.41. The number of ether oxygens (including phenoxy) is 1. The molecular weight excluding hydrogens is 290 g/mol. The minimum Gasteiger partial charge on any atom is -0.445 e. The van der Waals surface area contributed by atoms with Crippen LogP contribution in [-0.4, -0.2) is 23.0 Å². The fourth-order valence-corrected chi connectivity index (χ4v) is 2.25. The van der Waals surface area contributed by atoms with E-state index in [1.165, 1.54) is 11.3 Å². The van der Waals surface area contributed by atoms with Crippen LogP contribution in [0.15, 0.2) is 41.2 Å². The minimum absolute atomic E-state index is 0.134. The average Bonchev–Trinajstić information content (AvgIpc) is 2.98. The first-order valence-corrected chi connectivity index (χ1v) is 7.23. The lowest BCUT2D eigenvalue weighted by atomic mass is 10.1. The van der Waals surface area contributed by atoms with Crippen molar-refractivity contribution in [2.75, 3.05) is 0 Å². The fourth-order valence-electron chi connectivity index (χ4n) is 1.68. The Morgan fingerprint density at radius 1 is 1.33 bits per heavy atom. The van der Waals surface area contributed by atoms with Crippen LogP contribution in [0.5, 0.6) is 0 Å². The highest BCUT2D eigenvalue weighted by atomic mass is 32.1. The van der Waals surface area contributed by atoms with Crippen molar-refractivity contribution in [1.29, 1.82) is 0 Å². The number of thiazole rings is 1. The quantitative estimate of drug-likeness (QED) is 0.845. The number of hydrogen-bond acceptors (Lipinski definition) is 5. The van der Waals surface area contributed by atoms with Crippen molar-refractivity contribution in [3.63, 3.8) is 0 Å². The average molecular weight is 305 g/mol. The smallest absolute Gasteiger partial charge is 0.408 e. The maximum Gasteiger partial charge on any atom is 0.408 e. The topological polar surface area (TPSA) is 94.3 Å². The van der Waals surface area contributed by atoms with Crippen molar-refractivity contribution in [1.82, 2.24) is 10.3 Å². The number of nitrogens with zero attached hydrogens (tertiary/aromatic N) is 1. The lowest BCUT2D eigenvalue weighted by molar-refractivity contribution is -0.119. The summed E-state index contributed by atoms with van der Waals surface area (Å²) in [6.45, 7) is 0.134. The second-order valence-corrected chi connectivity index (χ2v) is 5.06. The van der Waals surface area contributed by atoms with Gasteiger partial charge in [-0.05, 0) is 5.56 Å². The first-order chi connectivity index (χ1) is 10.1. The summed E-state index contributed by atoms with van der Waals surface area (Å²) in [4.78, 5) is 27.1. The molecule has 21 heavy (non-hydrogen) atoms. The normalized spacial score (nSPS) is 11.6. The number of benzene rings is 1. The second-order valence-electron chi connectivity index (χ2n) is 4.34. The molecule has 7 heteroatoms. The molecule has 0 unspecified atom stereocenters. The zero-order valence-electron chi connectivity index (χ0n) is 11.2. The van der Waals surface area contributed by atoms with Gasteiger partial charge in [-0.25, -0.2) is 9.78 Å². The van der Waals surface area contributed by atoms with E-state index in [1.807, 2.05) is 30.3 Å². The highest BCUT2D eigenvalue weighted by Gasteiger charge is 2.20. The maximum atomic E-state index is 11.7. The van der Waals surface area contributed by atoms with Gasteiger partial charge in [-0.15, -0.1) is 11.3 Å². The number of amides is 2. The van der Waals surface area contributed by atoms with Crippen LogP contribution in [0.2, 0.25) is 0 Å². The minimum atomic E-state index is -0.838. The molecule has 0 radical (unpaired) electrons. The molecule has 0 spiro atoms. The molecule has 0 aliphatic carbocycles. The van der Waals surface area contributed by atoms with Gasteiger partial charge in [0.1, 0.15) is 12.6 Å². The summed E-state index contributed by atoms with van der Waals surface area (Å²) >= 11 is 1.41. The van der Waals surface area contributed by atoms with Crippen molar-refractivity contribution in [3.05, 3.63) is 52.5 Å². The molecule has 1 heterocycles. The van der Waals surface area contributed by atoms with E-state index in [0.717, 1.165) is 5.56 Å². The van der Waals surface area contributed by atoms with Crippen LogP contribution in [0.1, 0.15) is 11.3 Å². The van der Waals surface area contributed by atoms with Gasteiger partial charge in [-0.1, -0.05) is 30.3 Å². The highest BCUT2D eigenvalue weighted by Crippen LogP contribution is 2.05. The third-order valence-electron chi connectivity index (χ3n) is 2.75. The summed E-state index contributed by atoms with van der Waals surface area (Å²) in [5, 5.41) is 4.25. The van der Waals surface area contributed by atoms with Crippen LogP contribution in [0, 0.1) is 0 Å². The van der Waals surface area contributed by atoms with Gasteiger partial charge in [0.2, 0.25) is 5.91 Å². The molecule has 1 atom stereocenters. The van der Waals surface area contributed by atoms with Gasteiger partial charge >= 0.3 is 6.09 Å². The van der Waals surface area contributed by atoms with E-state index in [0.29, 0.717) is 5.69 Å². The number of alkyl carbamates (subject to hydrolysis) is 1. The molecule has 0 bridgehead atoms. The van der Waals surface area contributed by atoms with Crippen molar-refractivity contribution in [3.8, 4) is 0 Å². The van der Waals surface area contributed by atoms with Crippen molar-refractivity contribution in [2.24, 2.45) is 5.73 Å². The molecule has 2 aromatic rings. The van der Waals surface area contributed by atoms with Crippen molar-refractivity contribution >= 4 is 23.3 Å². The first-order valence-electron chi connectivity index (χ1n) is 6.28. The number of primary amides is 1. The summed E-state index contributed by atoms with van der Waals surface area (Å²) in [7, 11) is 0. The molecule has 0 fully saturated rings. The Labute approximate surface area is 125 Å². The van der Waals surface area contributed by atoms with E-state index in [9.17, 15) is 9.59 Å². The van der Waals surface area contributed by atoms with Crippen LogP contribution < -0.4 is 11.1 Å². The molecule has 0 saturated carbocycles. The molecule has 2 rings (SSSR count). The third-order valence-corrected chi connectivity index (χ3v) is 3.38.